The summed E-state index contributed by atoms with van der Waals surface area (Å²) in [6.45, 7) is 0.762. The Kier molecular flexibility index (Phi) is 4.40. The lowest BCUT2D eigenvalue weighted by atomic mass is 9.81. The molecule has 1 aliphatic rings. The number of amides is 1. The molecule has 2 N–H and O–H groups in total. The van der Waals surface area contributed by atoms with Gasteiger partial charge in [-0.05, 0) is 30.7 Å². The molecule has 0 aliphatic heterocycles. The number of likely N-dealkylation sites (N-methyl/N-ethyl adjacent to an activating group) is 1. The Bertz CT molecular complexity index is 383. The first kappa shape index (κ1) is 13.6. The zero-order valence-electron chi connectivity index (χ0n) is 11.0. The third-order valence-corrected chi connectivity index (χ3v) is 4.73. The Morgan fingerprint density at radius 2 is 2.17 bits per heavy atom. The molecule has 0 radical (unpaired) electrons. The highest BCUT2D eigenvalue weighted by Crippen LogP contribution is 2.27. The largest absolute Gasteiger partial charge is 0.344 e. The van der Waals surface area contributed by atoms with Crippen molar-refractivity contribution in [1.29, 1.82) is 0 Å². The molecule has 1 aliphatic carbocycles. The first-order valence-electron chi connectivity index (χ1n) is 6.69. The number of hydrogen-bond acceptors (Lipinski definition) is 3. The van der Waals surface area contributed by atoms with Crippen LogP contribution in [0.2, 0.25) is 0 Å². The van der Waals surface area contributed by atoms with Crippen molar-refractivity contribution < 1.29 is 4.79 Å². The summed E-state index contributed by atoms with van der Waals surface area (Å²) in [5.74, 6) is 0.124. The summed E-state index contributed by atoms with van der Waals surface area (Å²) in [4.78, 5) is 15.5. The number of carbonyl (C=O) groups excluding carboxylic acids is 1. The Hall–Kier alpha value is -0.870. The summed E-state index contributed by atoms with van der Waals surface area (Å²) in [6.07, 6.45) is 5.99. The van der Waals surface area contributed by atoms with Crippen molar-refractivity contribution >= 4 is 17.2 Å². The molecule has 1 amide bonds. The van der Waals surface area contributed by atoms with Gasteiger partial charge in [0.1, 0.15) is 0 Å². The number of carbonyl (C=O) groups is 1. The average Bonchev–Trinajstić information content (AvgIpc) is 2.89. The molecule has 0 saturated heterocycles. The fourth-order valence-corrected chi connectivity index (χ4v) is 3.31. The highest BCUT2D eigenvalue weighted by molar-refractivity contribution is 7.09. The predicted molar refractivity (Wildman–Crippen MR) is 75.7 cm³/mol. The van der Waals surface area contributed by atoms with Gasteiger partial charge in [0.25, 0.3) is 0 Å². The van der Waals surface area contributed by atoms with E-state index in [2.05, 4.69) is 11.4 Å². The summed E-state index contributed by atoms with van der Waals surface area (Å²) < 4.78 is 0. The van der Waals surface area contributed by atoms with E-state index in [4.69, 9.17) is 5.73 Å². The minimum atomic E-state index is -0.595. The van der Waals surface area contributed by atoms with Crippen molar-refractivity contribution in [3.63, 3.8) is 0 Å². The van der Waals surface area contributed by atoms with Crippen LogP contribution in [0.1, 0.15) is 37.0 Å². The molecule has 1 aromatic heterocycles. The summed E-state index contributed by atoms with van der Waals surface area (Å²) in [7, 11) is 1.87. The lowest BCUT2D eigenvalue weighted by Gasteiger charge is -2.35. The van der Waals surface area contributed by atoms with E-state index < -0.39 is 5.54 Å². The monoisotopic (exact) mass is 266 g/mol. The van der Waals surface area contributed by atoms with Crippen molar-refractivity contribution in [2.75, 3.05) is 13.6 Å². The van der Waals surface area contributed by atoms with Crippen molar-refractivity contribution in [1.82, 2.24) is 4.90 Å². The number of nitrogens with two attached hydrogens (primary N) is 1. The van der Waals surface area contributed by atoms with Gasteiger partial charge in [-0.25, -0.2) is 0 Å². The molecular weight excluding hydrogens is 244 g/mol. The maximum atomic E-state index is 12.4. The SMILES string of the molecule is CN(CCc1cccs1)C(=O)C1(N)CCCCC1. The third-order valence-electron chi connectivity index (χ3n) is 3.79. The molecule has 100 valence electrons. The van der Waals surface area contributed by atoms with Gasteiger partial charge in [0.2, 0.25) is 5.91 Å². The van der Waals surface area contributed by atoms with E-state index in [1.54, 1.807) is 11.3 Å². The van der Waals surface area contributed by atoms with Crippen LogP contribution in [0.5, 0.6) is 0 Å². The topological polar surface area (TPSA) is 46.3 Å². The van der Waals surface area contributed by atoms with Gasteiger partial charge < -0.3 is 10.6 Å². The molecule has 1 heterocycles. The molecule has 1 fully saturated rings. The summed E-state index contributed by atoms with van der Waals surface area (Å²) in [5, 5.41) is 2.07. The second-order valence-electron chi connectivity index (χ2n) is 5.27. The zero-order chi connectivity index (χ0) is 13.0. The van der Waals surface area contributed by atoms with Crippen LogP contribution in [0.15, 0.2) is 17.5 Å². The van der Waals surface area contributed by atoms with E-state index in [-0.39, 0.29) is 5.91 Å². The van der Waals surface area contributed by atoms with Crippen LogP contribution in [-0.2, 0) is 11.2 Å². The van der Waals surface area contributed by atoms with Crippen LogP contribution in [0.3, 0.4) is 0 Å². The predicted octanol–water partition coefficient (Wildman–Crippen LogP) is 2.41. The molecular formula is C14H22N2OS. The maximum Gasteiger partial charge on any atom is 0.242 e. The van der Waals surface area contributed by atoms with E-state index in [1.165, 1.54) is 11.3 Å². The lowest BCUT2D eigenvalue weighted by molar-refractivity contribution is -0.136. The first-order valence-corrected chi connectivity index (χ1v) is 7.57. The van der Waals surface area contributed by atoms with Crippen LogP contribution >= 0.6 is 11.3 Å². The van der Waals surface area contributed by atoms with E-state index in [9.17, 15) is 4.79 Å². The molecule has 0 aromatic carbocycles. The fourth-order valence-electron chi connectivity index (χ4n) is 2.61. The second-order valence-corrected chi connectivity index (χ2v) is 6.31. The molecule has 1 aromatic rings. The van der Waals surface area contributed by atoms with Crippen molar-refractivity contribution in [2.45, 2.75) is 44.1 Å². The molecule has 4 heteroatoms. The van der Waals surface area contributed by atoms with Gasteiger partial charge >= 0.3 is 0 Å². The second kappa shape index (κ2) is 5.85. The van der Waals surface area contributed by atoms with Gasteiger partial charge in [-0.3, -0.25) is 4.79 Å². The minimum Gasteiger partial charge on any atom is -0.344 e. The van der Waals surface area contributed by atoms with E-state index in [0.717, 1.165) is 38.6 Å². The number of hydrogen-bond donors (Lipinski definition) is 1. The molecule has 2 rings (SSSR count). The molecule has 18 heavy (non-hydrogen) atoms. The van der Waals surface area contributed by atoms with Gasteiger partial charge in [-0.2, -0.15) is 0 Å². The highest BCUT2D eigenvalue weighted by atomic mass is 32.1. The number of rotatable bonds is 4. The van der Waals surface area contributed by atoms with Crippen LogP contribution in [0.25, 0.3) is 0 Å². The van der Waals surface area contributed by atoms with Crippen molar-refractivity contribution in [2.24, 2.45) is 5.73 Å². The van der Waals surface area contributed by atoms with E-state index >= 15 is 0 Å². The van der Waals surface area contributed by atoms with Gasteiger partial charge in [0, 0.05) is 18.5 Å². The molecule has 0 bridgehead atoms. The molecule has 0 atom stereocenters. The number of thiophene rings is 1. The third kappa shape index (κ3) is 3.12. The van der Waals surface area contributed by atoms with Crippen LogP contribution in [0.4, 0.5) is 0 Å². The summed E-state index contributed by atoms with van der Waals surface area (Å²) in [6, 6.07) is 4.16. The molecule has 1 saturated carbocycles. The lowest BCUT2D eigenvalue weighted by Crippen LogP contribution is -2.55. The Morgan fingerprint density at radius 3 is 2.78 bits per heavy atom. The standard InChI is InChI=1S/C14H22N2OS/c1-16(10-7-12-6-5-11-18-12)13(17)14(15)8-3-2-4-9-14/h5-6,11H,2-4,7-10,15H2,1H3. The highest BCUT2D eigenvalue weighted by Gasteiger charge is 2.37. The minimum absolute atomic E-state index is 0.124. The van der Waals surface area contributed by atoms with Crippen LogP contribution < -0.4 is 5.73 Å². The molecule has 0 unspecified atom stereocenters. The van der Waals surface area contributed by atoms with E-state index in [0.29, 0.717) is 0 Å². The van der Waals surface area contributed by atoms with Gasteiger partial charge in [0.05, 0.1) is 5.54 Å². The Balaban J connectivity index is 1.87. The smallest absolute Gasteiger partial charge is 0.242 e. The van der Waals surface area contributed by atoms with E-state index in [1.807, 2.05) is 18.0 Å². The quantitative estimate of drug-likeness (QED) is 0.909. The zero-order valence-corrected chi connectivity index (χ0v) is 11.8. The van der Waals surface area contributed by atoms with Crippen molar-refractivity contribution in [3.8, 4) is 0 Å². The Morgan fingerprint density at radius 1 is 1.44 bits per heavy atom. The molecule has 3 nitrogen and oxygen atoms in total. The van der Waals surface area contributed by atoms with Crippen molar-refractivity contribution in [3.05, 3.63) is 22.4 Å². The summed E-state index contributed by atoms with van der Waals surface area (Å²) >= 11 is 1.74. The van der Waals surface area contributed by atoms with Crippen LogP contribution in [-0.4, -0.2) is 29.9 Å². The Labute approximate surface area is 113 Å². The number of nitrogens with zero attached hydrogens (tertiary/aromatic N) is 1. The average molecular weight is 266 g/mol. The normalized spacial score (nSPS) is 18.6. The maximum absolute atomic E-state index is 12.4. The van der Waals surface area contributed by atoms with Gasteiger partial charge in [-0.15, -0.1) is 11.3 Å². The molecule has 0 spiro atoms. The van der Waals surface area contributed by atoms with Gasteiger partial charge in [-0.1, -0.05) is 25.3 Å². The van der Waals surface area contributed by atoms with Crippen LogP contribution in [0, 0.1) is 0 Å². The van der Waals surface area contributed by atoms with Gasteiger partial charge in [0.15, 0.2) is 0 Å². The fraction of sp³-hybridized carbons (Fsp3) is 0.643. The first-order chi connectivity index (χ1) is 8.62. The summed E-state index contributed by atoms with van der Waals surface area (Å²) in [5.41, 5.74) is 5.67.